The van der Waals surface area contributed by atoms with Gasteiger partial charge >= 0.3 is 0 Å². The topological polar surface area (TPSA) is 62.6 Å². The quantitative estimate of drug-likeness (QED) is 0.281. The highest BCUT2D eigenvalue weighted by Gasteiger charge is 2.32. The Kier molecular flexibility index (Phi) is 7.53. The van der Waals surface area contributed by atoms with Crippen LogP contribution >= 0.6 is 35.6 Å². The summed E-state index contributed by atoms with van der Waals surface area (Å²) in [5, 5.41) is 9.63. The SMILES string of the molecule is COc1ccc(CN2C(=O)C(=Cc3ccc(OCc4ccccc4C#N)c(Cl)c3)SC2=S)cc1. The van der Waals surface area contributed by atoms with Gasteiger partial charge < -0.3 is 9.47 Å². The van der Waals surface area contributed by atoms with Gasteiger partial charge in [-0.1, -0.05) is 72.0 Å². The number of methoxy groups -OCH3 is 1. The van der Waals surface area contributed by atoms with Gasteiger partial charge in [0.2, 0.25) is 0 Å². The molecule has 0 aromatic heterocycles. The van der Waals surface area contributed by atoms with E-state index in [1.165, 1.54) is 11.8 Å². The smallest absolute Gasteiger partial charge is 0.266 e. The van der Waals surface area contributed by atoms with Crippen molar-refractivity contribution in [3.63, 3.8) is 0 Å². The summed E-state index contributed by atoms with van der Waals surface area (Å²) in [4.78, 5) is 15.1. The van der Waals surface area contributed by atoms with Crippen LogP contribution in [0.4, 0.5) is 0 Å². The number of carbonyl (C=O) groups excluding carboxylic acids is 1. The van der Waals surface area contributed by atoms with E-state index in [0.717, 1.165) is 22.4 Å². The Hall–Kier alpha value is -3.31. The minimum absolute atomic E-state index is 0.143. The number of benzene rings is 3. The second-order valence-corrected chi connectivity index (χ2v) is 9.45. The largest absolute Gasteiger partial charge is 0.497 e. The average molecular weight is 507 g/mol. The van der Waals surface area contributed by atoms with Crippen LogP contribution in [-0.2, 0) is 17.9 Å². The van der Waals surface area contributed by atoms with Crippen molar-refractivity contribution in [1.82, 2.24) is 4.90 Å². The van der Waals surface area contributed by atoms with Crippen molar-refractivity contribution in [3.05, 3.63) is 98.9 Å². The first-order chi connectivity index (χ1) is 16.5. The molecule has 0 atom stereocenters. The summed E-state index contributed by atoms with van der Waals surface area (Å²) in [6.07, 6.45) is 1.77. The third-order valence-electron chi connectivity index (χ3n) is 5.15. The number of hydrogen-bond acceptors (Lipinski definition) is 6. The highest BCUT2D eigenvalue weighted by molar-refractivity contribution is 8.26. The van der Waals surface area contributed by atoms with Crippen molar-refractivity contribution < 1.29 is 14.3 Å². The second-order valence-electron chi connectivity index (χ2n) is 7.36. The van der Waals surface area contributed by atoms with E-state index in [0.29, 0.717) is 32.1 Å². The van der Waals surface area contributed by atoms with Crippen molar-refractivity contribution in [1.29, 1.82) is 5.26 Å². The Morgan fingerprint density at radius 2 is 1.91 bits per heavy atom. The maximum absolute atomic E-state index is 13.0. The maximum atomic E-state index is 13.0. The van der Waals surface area contributed by atoms with Crippen LogP contribution in [0.2, 0.25) is 5.02 Å². The van der Waals surface area contributed by atoms with E-state index in [-0.39, 0.29) is 12.5 Å². The lowest BCUT2D eigenvalue weighted by Gasteiger charge is -2.14. The van der Waals surface area contributed by atoms with Crippen LogP contribution in [-0.4, -0.2) is 22.2 Å². The van der Waals surface area contributed by atoms with Crippen LogP contribution in [0.1, 0.15) is 22.3 Å². The van der Waals surface area contributed by atoms with Gasteiger partial charge in [0.1, 0.15) is 22.4 Å². The number of nitriles is 1. The summed E-state index contributed by atoms with van der Waals surface area (Å²) in [5.74, 6) is 1.11. The van der Waals surface area contributed by atoms with Gasteiger partial charge in [0.05, 0.1) is 35.2 Å². The Morgan fingerprint density at radius 1 is 1.15 bits per heavy atom. The number of thiocarbonyl (C=S) groups is 1. The molecule has 1 amide bonds. The first-order valence-corrected chi connectivity index (χ1v) is 11.9. The van der Waals surface area contributed by atoms with E-state index < -0.39 is 0 Å². The summed E-state index contributed by atoms with van der Waals surface area (Å²) in [6, 6.07) is 22.3. The van der Waals surface area contributed by atoms with Crippen LogP contribution < -0.4 is 9.47 Å². The molecule has 0 N–H and O–H groups in total. The normalized spacial score (nSPS) is 14.4. The Morgan fingerprint density at radius 3 is 2.62 bits per heavy atom. The van der Waals surface area contributed by atoms with Crippen molar-refractivity contribution in [2.75, 3.05) is 7.11 Å². The van der Waals surface area contributed by atoms with Gasteiger partial charge in [-0.15, -0.1) is 0 Å². The second kappa shape index (κ2) is 10.7. The molecule has 0 unspecified atom stereocenters. The molecule has 0 bridgehead atoms. The Balaban J connectivity index is 1.45. The third kappa shape index (κ3) is 5.42. The molecule has 8 heteroatoms. The monoisotopic (exact) mass is 506 g/mol. The maximum Gasteiger partial charge on any atom is 0.266 e. The summed E-state index contributed by atoms with van der Waals surface area (Å²) in [7, 11) is 1.61. The van der Waals surface area contributed by atoms with Crippen LogP contribution in [0.5, 0.6) is 11.5 Å². The molecule has 3 aromatic carbocycles. The number of halogens is 1. The molecular weight excluding hydrogens is 488 g/mol. The average Bonchev–Trinajstić information content (AvgIpc) is 3.11. The van der Waals surface area contributed by atoms with Crippen molar-refractivity contribution in [2.45, 2.75) is 13.2 Å². The first-order valence-electron chi connectivity index (χ1n) is 10.3. The lowest BCUT2D eigenvalue weighted by Crippen LogP contribution is -2.27. The Labute approximate surface area is 212 Å². The van der Waals surface area contributed by atoms with E-state index in [1.54, 1.807) is 36.3 Å². The summed E-state index contributed by atoms with van der Waals surface area (Å²) >= 11 is 13.1. The van der Waals surface area contributed by atoms with E-state index >= 15 is 0 Å². The molecule has 1 heterocycles. The van der Waals surface area contributed by atoms with Crippen LogP contribution in [0.25, 0.3) is 6.08 Å². The molecule has 4 rings (SSSR count). The molecular formula is C26H19ClN2O3S2. The van der Waals surface area contributed by atoms with Crippen molar-refractivity contribution in [3.8, 4) is 17.6 Å². The van der Waals surface area contributed by atoms with Gasteiger partial charge in [0.25, 0.3) is 5.91 Å². The fraction of sp³-hybridized carbons (Fsp3) is 0.115. The number of thioether (sulfide) groups is 1. The predicted molar refractivity (Wildman–Crippen MR) is 139 cm³/mol. The zero-order valence-corrected chi connectivity index (χ0v) is 20.5. The van der Waals surface area contributed by atoms with E-state index in [4.69, 9.17) is 33.3 Å². The zero-order chi connectivity index (χ0) is 24.1. The van der Waals surface area contributed by atoms with Crippen LogP contribution in [0, 0.1) is 11.3 Å². The predicted octanol–water partition coefficient (Wildman–Crippen LogP) is 6.20. The molecule has 0 spiro atoms. The van der Waals surface area contributed by atoms with Gasteiger partial charge in [-0.3, -0.25) is 9.69 Å². The number of rotatable bonds is 7. The lowest BCUT2D eigenvalue weighted by atomic mass is 10.1. The van der Waals surface area contributed by atoms with Crippen LogP contribution in [0.15, 0.2) is 71.6 Å². The molecule has 1 fully saturated rings. The molecule has 170 valence electrons. The first kappa shape index (κ1) is 23.8. The highest BCUT2D eigenvalue weighted by Crippen LogP contribution is 2.35. The van der Waals surface area contributed by atoms with Crippen molar-refractivity contribution >= 4 is 51.9 Å². The third-order valence-corrected chi connectivity index (χ3v) is 6.82. The fourth-order valence-electron chi connectivity index (χ4n) is 3.34. The van der Waals surface area contributed by atoms with Gasteiger partial charge in [-0.2, -0.15) is 5.26 Å². The molecule has 0 radical (unpaired) electrons. The molecule has 1 aliphatic rings. The molecule has 0 aliphatic carbocycles. The Bertz CT molecular complexity index is 1320. The van der Waals surface area contributed by atoms with Gasteiger partial charge in [-0.25, -0.2) is 0 Å². The van der Waals surface area contributed by atoms with Crippen molar-refractivity contribution in [2.24, 2.45) is 0 Å². The number of hydrogen-bond donors (Lipinski definition) is 0. The fourth-order valence-corrected chi connectivity index (χ4v) is 4.83. The number of ether oxygens (including phenoxy) is 2. The van der Waals surface area contributed by atoms with E-state index in [9.17, 15) is 10.1 Å². The molecule has 3 aromatic rings. The number of carbonyl (C=O) groups is 1. The molecule has 34 heavy (non-hydrogen) atoms. The van der Waals surface area contributed by atoms with Gasteiger partial charge in [0, 0.05) is 5.56 Å². The summed E-state index contributed by atoms with van der Waals surface area (Å²) < 4.78 is 11.5. The number of amides is 1. The minimum atomic E-state index is -0.143. The standard InChI is InChI=1S/C26H19ClN2O3S2/c1-31-21-9-6-17(7-10-21)15-29-25(30)24(34-26(29)33)13-18-8-11-23(22(27)12-18)32-16-20-5-3-2-4-19(20)14-28/h2-13H,15-16H2,1H3. The summed E-state index contributed by atoms with van der Waals surface area (Å²) in [6.45, 7) is 0.622. The highest BCUT2D eigenvalue weighted by atomic mass is 35.5. The van der Waals surface area contributed by atoms with E-state index in [1.807, 2.05) is 48.5 Å². The molecule has 1 aliphatic heterocycles. The molecule has 5 nitrogen and oxygen atoms in total. The zero-order valence-electron chi connectivity index (χ0n) is 18.2. The van der Waals surface area contributed by atoms with Gasteiger partial charge in [0.15, 0.2) is 0 Å². The van der Waals surface area contributed by atoms with Gasteiger partial charge in [-0.05, 0) is 47.5 Å². The minimum Gasteiger partial charge on any atom is -0.497 e. The van der Waals surface area contributed by atoms with E-state index in [2.05, 4.69) is 6.07 Å². The van der Waals surface area contributed by atoms with Crippen LogP contribution in [0.3, 0.4) is 0 Å². The lowest BCUT2D eigenvalue weighted by molar-refractivity contribution is -0.122. The number of nitrogens with zero attached hydrogens (tertiary/aromatic N) is 2. The molecule has 1 saturated heterocycles. The summed E-state index contributed by atoms with van der Waals surface area (Å²) in [5.41, 5.74) is 3.07. The molecule has 0 saturated carbocycles.